The number of rotatable bonds is 2. The van der Waals surface area contributed by atoms with Gasteiger partial charge in [-0.2, -0.15) is 0 Å². The Morgan fingerprint density at radius 1 is 1.07 bits per heavy atom. The van der Waals surface area contributed by atoms with Gasteiger partial charge in [-0.25, -0.2) is 0 Å². The van der Waals surface area contributed by atoms with E-state index in [0.717, 1.165) is 0 Å². The van der Waals surface area contributed by atoms with Crippen LogP contribution in [-0.2, 0) is 4.79 Å². The van der Waals surface area contributed by atoms with Gasteiger partial charge in [0.05, 0.1) is 0 Å². The summed E-state index contributed by atoms with van der Waals surface area (Å²) in [5, 5.41) is 0. The Labute approximate surface area is 94.3 Å². The first-order valence-corrected chi connectivity index (χ1v) is 5.50. The number of carbonyl (C=O) groups excluding carboxylic acids is 1. The Kier molecular flexibility index (Phi) is 4.55. The molecule has 0 aromatic rings. The third kappa shape index (κ3) is 5.59. The molecule has 15 heavy (non-hydrogen) atoms. The first-order valence-electron chi connectivity index (χ1n) is 5.50. The fourth-order valence-corrected chi connectivity index (χ4v) is 1.85. The predicted molar refractivity (Wildman–Crippen MR) is 65.8 cm³/mol. The standard InChI is InChI=1S/C14H24O/c1-11(15)9-8-10-12(13(2,3)4)14(5,6)7/h8H,9H2,1-7H3. The Hall–Kier alpha value is -0.810. The van der Waals surface area contributed by atoms with Crippen molar-refractivity contribution in [3.05, 3.63) is 17.4 Å². The zero-order valence-electron chi connectivity index (χ0n) is 11.2. The predicted octanol–water partition coefficient (Wildman–Crippen LogP) is 4.14. The average molecular weight is 208 g/mol. The quantitative estimate of drug-likeness (QED) is 0.623. The molecule has 0 atom stereocenters. The van der Waals surface area contributed by atoms with E-state index >= 15 is 0 Å². The summed E-state index contributed by atoms with van der Waals surface area (Å²) in [6.45, 7) is 14.7. The molecule has 0 unspecified atom stereocenters. The minimum atomic E-state index is 0.103. The summed E-state index contributed by atoms with van der Waals surface area (Å²) in [5.74, 6) is 0.185. The summed E-state index contributed by atoms with van der Waals surface area (Å²) < 4.78 is 0. The molecule has 0 N–H and O–H groups in total. The Bertz CT molecular complexity index is 272. The summed E-state index contributed by atoms with van der Waals surface area (Å²) in [5.41, 5.74) is 4.77. The number of hydrogen-bond donors (Lipinski definition) is 0. The molecule has 0 amide bonds. The lowest BCUT2D eigenvalue weighted by Crippen LogP contribution is -2.21. The molecule has 1 heteroatoms. The van der Waals surface area contributed by atoms with Gasteiger partial charge >= 0.3 is 0 Å². The van der Waals surface area contributed by atoms with Crippen LogP contribution in [0, 0.1) is 10.8 Å². The van der Waals surface area contributed by atoms with Crippen LogP contribution in [0.4, 0.5) is 0 Å². The molecule has 0 aromatic carbocycles. The van der Waals surface area contributed by atoms with Gasteiger partial charge in [-0.3, -0.25) is 4.79 Å². The molecule has 0 heterocycles. The van der Waals surface area contributed by atoms with Crippen molar-refractivity contribution < 1.29 is 4.79 Å². The van der Waals surface area contributed by atoms with E-state index in [9.17, 15) is 4.79 Å². The molecule has 0 saturated heterocycles. The van der Waals surface area contributed by atoms with E-state index in [1.165, 1.54) is 5.57 Å². The molecule has 0 aliphatic rings. The molecule has 0 spiro atoms. The van der Waals surface area contributed by atoms with Crippen LogP contribution in [-0.4, -0.2) is 5.78 Å². The second-order valence-corrected chi connectivity index (χ2v) is 6.13. The summed E-state index contributed by atoms with van der Waals surface area (Å²) >= 11 is 0. The van der Waals surface area contributed by atoms with E-state index in [4.69, 9.17) is 0 Å². The fraction of sp³-hybridized carbons (Fsp3) is 0.714. The van der Waals surface area contributed by atoms with Crippen molar-refractivity contribution in [3.63, 3.8) is 0 Å². The van der Waals surface area contributed by atoms with Crippen LogP contribution >= 0.6 is 0 Å². The first kappa shape index (κ1) is 14.2. The molecule has 0 fully saturated rings. The van der Waals surface area contributed by atoms with Gasteiger partial charge in [-0.05, 0) is 29.4 Å². The maximum Gasteiger partial charge on any atom is 0.134 e. The van der Waals surface area contributed by atoms with Crippen molar-refractivity contribution in [2.75, 3.05) is 0 Å². The minimum absolute atomic E-state index is 0.103. The monoisotopic (exact) mass is 208 g/mol. The maximum atomic E-state index is 10.8. The van der Waals surface area contributed by atoms with Crippen LogP contribution in [0.2, 0.25) is 0 Å². The molecular weight excluding hydrogens is 184 g/mol. The van der Waals surface area contributed by atoms with E-state index < -0.39 is 0 Å². The van der Waals surface area contributed by atoms with Crippen LogP contribution in [0.1, 0.15) is 54.9 Å². The number of hydrogen-bond acceptors (Lipinski definition) is 1. The van der Waals surface area contributed by atoms with Crippen LogP contribution in [0.15, 0.2) is 17.4 Å². The SMILES string of the molecule is CC(=O)CC=C=C(C(C)(C)C)C(C)(C)C. The topological polar surface area (TPSA) is 17.1 Å². The van der Waals surface area contributed by atoms with Crippen LogP contribution < -0.4 is 0 Å². The summed E-state index contributed by atoms with van der Waals surface area (Å²) in [7, 11) is 0. The molecule has 0 radical (unpaired) electrons. The highest BCUT2D eigenvalue weighted by atomic mass is 16.1. The molecule has 86 valence electrons. The number of ketones is 1. The lowest BCUT2D eigenvalue weighted by molar-refractivity contribution is -0.116. The normalized spacial score (nSPS) is 11.9. The Morgan fingerprint density at radius 2 is 1.47 bits per heavy atom. The fourth-order valence-electron chi connectivity index (χ4n) is 1.85. The summed E-state index contributed by atoms with van der Waals surface area (Å²) in [6.07, 6.45) is 2.34. The molecule has 1 nitrogen and oxygen atoms in total. The van der Waals surface area contributed by atoms with Crippen molar-refractivity contribution in [1.29, 1.82) is 0 Å². The molecule has 0 aromatic heterocycles. The van der Waals surface area contributed by atoms with Crippen molar-refractivity contribution in [2.45, 2.75) is 54.9 Å². The van der Waals surface area contributed by atoms with Crippen LogP contribution in [0.5, 0.6) is 0 Å². The van der Waals surface area contributed by atoms with E-state index in [1.807, 2.05) is 6.08 Å². The Balaban J connectivity index is 5.14. The zero-order valence-corrected chi connectivity index (χ0v) is 11.2. The number of carbonyl (C=O) groups is 1. The van der Waals surface area contributed by atoms with Crippen LogP contribution in [0.25, 0.3) is 0 Å². The third-order valence-electron chi connectivity index (χ3n) is 2.14. The number of allylic oxidation sites excluding steroid dienone is 1. The lowest BCUT2D eigenvalue weighted by Gasteiger charge is -2.32. The van der Waals surface area contributed by atoms with Gasteiger partial charge in [0, 0.05) is 6.42 Å². The molecule has 0 saturated carbocycles. The van der Waals surface area contributed by atoms with Crippen molar-refractivity contribution in [1.82, 2.24) is 0 Å². The lowest BCUT2D eigenvalue weighted by atomic mass is 9.72. The van der Waals surface area contributed by atoms with Gasteiger partial charge in [0.2, 0.25) is 0 Å². The molecule has 0 aliphatic heterocycles. The van der Waals surface area contributed by atoms with Gasteiger partial charge in [0.15, 0.2) is 0 Å². The van der Waals surface area contributed by atoms with Gasteiger partial charge in [0.1, 0.15) is 5.78 Å². The highest BCUT2D eigenvalue weighted by Crippen LogP contribution is 2.38. The smallest absolute Gasteiger partial charge is 0.134 e. The van der Waals surface area contributed by atoms with E-state index in [2.05, 4.69) is 47.3 Å². The Morgan fingerprint density at radius 3 is 1.73 bits per heavy atom. The number of Topliss-reactive ketones (excluding diaryl/α,β-unsaturated/α-hetero) is 1. The minimum Gasteiger partial charge on any atom is -0.300 e. The second-order valence-electron chi connectivity index (χ2n) is 6.13. The zero-order chi connectivity index (χ0) is 12.3. The van der Waals surface area contributed by atoms with E-state index in [1.54, 1.807) is 6.92 Å². The van der Waals surface area contributed by atoms with Crippen molar-refractivity contribution in [2.24, 2.45) is 10.8 Å². The first-order chi connectivity index (χ1) is 6.55. The highest BCUT2D eigenvalue weighted by molar-refractivity contribution is 5.76. The molecular formula is C14H24O. The van der Waals surface area contributed by atoms with E-state index in [0.29, 0.717) is 6.42 Å². The third-order valence-corrected chi connectivity index (χ3v) is 2.14. The molecule has 0 rings (SSSR count). The second kappa shape index (κ2) is 4.81. The van der Waals surface area contributed by atoms with Gasteiger partial charge < -0.3 is 0 Å². The van der Waals surface area contributed by atoms with E-state index in [-0.39, 0.29) is 16.6 Å². The largest absolute Gasteiger partial charge is 0.300 e. The summed E-state index contributed by atoms with van der Waals surface area (Å²) in [6, 6.07) is 0. The average Bonchev–Trinajstić information content (AvgIpc) is 1.92. The highest BCUT2D eigenvalue weighted by Gasteiger charge is 2.27. The summed E-state index contributed by atoms with van der Waals surface area (Å²) in [4.78, 5) is 10.8. The van der Waals surface area contributed by atoms with Crippen LogP contribution in [0.3, 0.4) is 0 Å². The van der Waals surface area contributed by atoms with Gasteiger partial charge in [0.25, 0.3) is 0 Å². The van der Waals surface area contributed by atoms with Crippen molar-refractivity contribution >= 4 is 5.78 Å². The van der Waals surface area contributed by atoms with Gasteiger partial charge in [-0.1, -0.05) is 41.5 Å². The maximum absolute atomic E-state index is 10.8. The molecule has 0 aliphatic carbocycles. The molecule has 0 bridgehead atoms. The van der Waals surface area contributed by atoms with Crippen molar-refractivity contribution in [3.8, 4) is 0 Å². The van der Waals surface area contributed by atoms with Gasteiger partial charge in [-0.15, -0.1) is 5.73 Å².